The van der Waals surface area contributed by atoms with Crippen molar-refractivity contribution in [3.05, 3.63) is 69.6 Å². The van der Waals surface area contributed by atoms with Crippen molar-refractivity contribution in [3.8, 4) is 0 Å². The highest BCUT2D eigenvalue weighted by molar-refractivity contribution is 9.10. The first-order valence-corrected chi connectivity index (χ1v) is 20.2. The van der Waals surface area contributed by atoms with E-state index in [9.17, 15) is 9.59 Å². The van der Waals surface area contributed by atoms with E-state index in [4.69, 9.17) is 5.10 Å². The van der Waals surface area contributed by atoms with E-state index < -0.39 is 6.04 Å². The smallest absolute Gasteiger partial charge is 0.248 e. The molecule has 3 fully saturated rings. The molecule has 9 nitrogen and oxygen atoms in total. The SMILES string of the molecule is C=C(C)c1nn(CC(=O)N2[C@H](C(=O)Nc3nc(Br)ccc3C)C[C@@]3(CC(CC)C[C@H]4CCC[C@H]4CC)C[C@@H]23)c2c1C=C(c1cnc(C)nc1)CC2C. The first-order chi connectivity index (χ1) is 24.9. The van der Waals surface area contributed by atoms with Gasteiger partial charge < -0.3 is 10.2 Å². The van der Waals surface area contributed by atoms with Crippen molar-refractivity contribution in [1.82, 2.24) is 29.6 Å². The summed E-state index contributed by atoms with van der Waals surface area (Å²) in [7, 11) is 0. The lowest BCUT2D eigenvalue weighted by Crippen LogP contribution is -2.47. The lowest BCUT2D eigenvalue weighted by Gasteiger charge is -2.28. The Bertz CT molecular complexity index is 1900. The second-order valence-electron chi connectivity index (χ2n) is 16.3. The van der Waals surface area contributed by atoms with Gasteiger partial charge in [0.05, 0.1) is 11.4 Å². The van der Waals surface area contributed by atoms with Gasteiger partial charge in [0.1, 0.15) is 28.8 Å². The standard InChI is InChI=1S/C42H54BrN7O2/c1-8-28(16-30-12-10-11-29(30)9-2)18-42-19-34(41(52)47-40-25(5)13-14-36(43)46-40)50(35(42)20-42)37(51)23-49-39-26(6)15-31(32-21-44-27(7)45-22-32)17-33(39)38(48-49)24(3)4/h13-14,17,21-22,26,28-30,34-35H,3,8-12,15-16,18-20,23H2,1-2,4-7H3,(H,46,47,52)/t26?,28?,29-,30-,34+,35-,42+/m1/s1. The van der Waals surface area contributed by atoms with Crippen molar-refractivity contribution in [2.24, 2.45) is 23.2 Å². The van der Waals surface area contributed by atoms with Crippen LogP contribution in [0, 0.1) is 37.0 Å². The third-order valence-electron chi connectivity index (χ3n) is 12.7. The molecule has 0 spiro atoms. The van der Waals surface area contributed by atoms with Crippen molar-refractivity contribution < 1.29 is 9.59 Å². The number of likely N-dealkylation sites (tertiary alicyclic amines) is 1. The topological polar surface area (TPSA) is 106 Å². The van der Waals surface area contributed by atoms with Gasteiger partial charge in [-0.15, -0.1) is 0 Å². The Kier molecular flexibility index (Phi) is 10.3. The maximum absolute atomic E-state index is 14.7. The van der Waals surface area contributed by atoms with Crippen LogP contribution in [0.3, 0.4) is 0 Å². The van der Waals surface area contributed by atoms with Crippen molar-refractivity contribution in [2.45, 2.75) is 130 Å². The van der Waals surface area contributed by atoms with Crippen LogP contribution in [0.2, 0.25) is 0 Å². The molecule has 2 unspecified atom stereocenters. The highest BCUT2D eigenvalue weighted by Gasteiger charge is 2.67. The number of carbonyl (C=O) groups excluding carboxylic acids is 2. The van der Waals surface area contributed by atoms with Crippen LogP contribution < -0.4 is 5.32 Å². The Labute approximate surface area is 317 Å². The summed E-state index contributed by atoms with van der Waals surface area (Å²) in [6.07, 6.45) is 17.2. The van der Waals surface area contributed by atoms with Gasteiger partial charge in [-0.1, -0.05) is 65.5 Å². The number of anilines is 1. The minimum absolute atomic E-state index is 0.0220. The van der Waals surface area contributed by atoms with Crippen LogP contribution in [0.15, 0.2) is 35.7 Å². The molecule has 10 heteroatoms. The highest BCUT2D eigenvalue weighted by atomic mass is 79.9. The number of carbonyl (C=O) groups is 2. The van der Waals surface area contributed by atoms with Crippen LogP contribution in [-0.2, 0) is 16.1 Å². The van der Waals surface area contributed by atoms with Gasteiger partial charge in [0.2, 0.25) is 11.8 Å². The van der Waals surface area contributed by atoms with Gasteiger partial charge in [0.25, 0.3) is 0 Å². The van der Waals surface area contributed by atoms with Crippen LogP contribution in [0.1, 0.15) is 132 Å². The molecule has 3 aromatic rings. The minimum atomic E-state index is -0.559. The Morgan fingerprint density at radius 2 is 1.87 bits per heavy atom. The van der Waals surface area contributed by atoms with Crippen LogP contribution >= 0.6 is 15.9 Å². The first kappa shape index (κ1) is 36.7. The Morgan fingerprint density at radius 3 is 2.58 bits per heavy atom. The molecule has 4 aliphatic rings. The molecule has 1 saturated heterocycles. The molecule has 2 amide bonds. The summed E-state index contributed by atoms with van der Waals surface area (Å²) in [4.78, 5) is 44.3. The zero-order chi connectivity index (χ0) is 36.9. The zero-order valence-corrected chi connectivity index (χ0v) is 33.3. The first-order valence-electron chi connectivity index (χ1n) is 19.4. The van der Waals surface area contributed by atoms with E-state index in [1.807, 2.05) is 54.9 Å². The summed E-state index contributed by atoms with van der Waals surface area (Å²) in [5, 5.41) is 8.14. The maximum Gasteiger partial charge on any atom is 0.248 e. The number of nitrogens with zero attached hydrogens (tertiary/aromatic N) is 6. The largest absolute Gasteiger partial charge is 0.325 e. The van der Waals surface area contributed by atoms with Crippen molar-refractivity contribution in [3.63, 3.8) is 0 Å². The molecule has 7 atom stereocenters. The summed E-state index contributed by atoms with van der Waals surface area (Å²) in [5.74, 6) is 3.42. The molecule has 52 heavy (non-hydrogen) atoms. The predicted octanol–water partition coefficient (Wildman–Crippen LogP) is 9.16. The van der Waals surface area contributed by atoms with Gasteiger partial charge in [0.15, 0.2) is 0 Å². The van der Waals surface area contributed by atoms with Gasteiger partial charge in [-0.25, -0.2) is 15.0 Å². The third kappa shape index (κ3) is 7.04. The molecule has 276 valence electrons. The molecule has 7 rings (SSSR count). The normalized spacial score (nSPS) is 26.8. The number of aromatic nitrogens is 5. The number of aryl methyl sites for hydroxylation is 2. The quantitative estimate of drug-likeness (QED) is 0.184. The number of halogens is 1. The number of hydrogen-bond donors (Lipinski definition) is 1. The summed E-state index contributed by atoms with van der Waals surface area (Å²) < 4.78 is 2.55. The van der Waals surface area contributed by atoms with E-state index in [1.165, 1.54) is 32.1 Å². The lowest BCUT2D eigenvalue weighted by molar-refractivity contribution is -0.138. The molecule has 3 aliphatic carbocycles. The Morgan fingerprint density at radius 1 is 1.12 bits per heavy atom. The Hall–Kier alpha value is -3.66. The molecule has 0 bridgehead atoms. The Balaban J connectivity index is 1.17. The van der Waals surface area contributed by atoms with E-state index in [-0.39, 0.29) is 35.7 Å². The molecule has 4 heterocycles. The van der Waals surface area contributed by atoms with E-state index in [0.717, 1.165) is 82.6 Å². The number of nitrogens with one attached hydrogen (secondary N) is 1. The summed E-state index contributed by atoms with van der Waals surface area (Å²) in [6, 6.07) is 3.31. The zero-order valence-electron chi connectivity index (χ0n) is 31.7. The van der Waals surface area contributed by atoms with Crippen LogP contribution in [0.5, 0.6) is 0 Å². The maximum atomic E-state index is 14.7. The van der Waals surface area contributed by atoms with E-state index in [1.54, 1.807) is 0 Å². The van der Waals surface area contributed by atoms with Gasteiger partial charge in [-0.05, 0) is 121 Å². The van der Waals surface area contributed by atoms with Crippen molar-refractivity contribution in [2.75, 3.05) is 5.32 Å². The predicted molar refractivity (Wildman–Crippen MR) is 210 cm³/mol. The molecule has 1 aliphatic heterocycles. The minimum Gasteiger partial charge on any atom is -0.325 e. The summed E-state index contributed by atoms with van der Waals surface area (Å²) in [6.45, 7) is 17.0. The molecule has 3 aromatic heterocycles. The number of hydrogen-bond acceptors (Lipinski definition) is 6. The fourth-order valence-electron chi connectivity index (χ4n) is 9.91. The van der Waals surface area contributed by atoms with E-state index >= 15 is 0 Å². The van der Waals surface area contributed by atoms with Crippen LogP contribution in [-0.4, -0.2) is 53.5 Å². The third-order valence-corrected chi connectivity index (χ3v) is 13.2. The number of pyridine rings is 1. The van der Waals surface area contributed by atoms with E-state index in [0.29, 0.717) is 22.8 Å². The van der Waals surface area contributed by atoms with Gasteiger partial charge >= 0.3 is 0 Å². The molecule has 0 radical (unpaired) electrons. The number of allylic oxidation sites excluding steroid dienone is 2. The summed E-state index contributed by atoms with van der Waals surface area (Å²) in [5.41, 5.74) is 6.70. The fourth-order valence-corrected chi connectivity index (χ4v) is 10.2. The van der Waals surface area contributed by atoms with E-state index in [2.05, 4.69) is 69.6 Å². The highest BCUT2D eigenvalue weighted by Crippen LogP contribution is 2.64. The van der Waals surface area contributed by atoms with Gasteiger partial charge in [-0.3, -0.25) is 14.3 Å². The lowest BCUT2D eigenvalue weighted by atomic mass is 9.78. The van der Waals surface area contributed by atoms with Crippen LogP contribution in [0.25, 0.3) is 17.2 Å². The molecule has 0 aromatic carbocycles. The number of fused-ring (bicyclic) bond motifs is 2. The number of rotatable bonds is 12. The number of piperidine rings is 1. The molecular formula is C42H54BrN7O2. The monoisotopic (exact) mass is 767 g/mol. The fraction of sp³-hybridized carbons (Fsp3) is 0.571. The average Bonchev–Trinajstić information content (AvgIpc) is 3.40. The molecular weight excluding hydrogens is 714 g/mol. The van der Waals surface area contributed by atoms with Gasteiger partial charge in [0, 0.05) is 35.5 Å². The van der Waals surface area contributed by atoms with Gasteiger partial charge in [-0.2, -0.15) is 5.10 Å². The van der Waals surface area contributed by atoms with Crippen LogP contribution in [0.4, 0.5) is 5.82 Å². The molecule has 2 saturated carbocycles. The molecule has 1 N–H and O–H groups in total. The summed E-state index contributed by atoms with van der Waals surface area (Å²) >= 11 is 3.46. The second-order valence-corrected chi connectivity index (χ2v) is 17.2. The van der Waals surface area contributed by atoms with Crippen molar-refractivity contribution >= 4 is 50.8 Å². The average molecular weight is 769 g/mol. The number of amides is 2. The second kappa shape index (κ2) is 14.6. The van der Waals surface area contributed by atoms with Crippen molar-refractivity contribution in [1.29, 1.82) is 0 Å².